The monoisotopic (exact) mass is 440 g/mol. The fraction of sp³-hybridized carbons (Fsp3) is 0.316. The Bertz CT molecular complexity index is 1010. The van der Waals surface area contributed by atoms with E-state index in [1.54, 1.807) is 12.1 Å². The summed E-state index contributed by atoms with van der Waals surface area (Å²) in [4.78, 5) is 5.97. The summed E-state index contributed by atoms with van der Waals surface area (Å²) in [5.74, 6) is 0.652. The van der Waals surface area contributed by atoms with E-state index in [1.165, 1.54) is 18.5 Å². The summed E-state index contributed by atoms with van der Waals surface area (Å²) < 4.78 is 35.4. The minimum absolute atomic E-state index is 0.0564. The van der Waals surface area contributed by atoms with E-state index in [9.17, 15) is 8.78 Å². The molecule has 0 unspecified atom stereocenters. The maximum Gasteiger partial charge on any atom is 0.387 e. The first kappa shape index (κ1) is 20.0. The van der Waals surface area contributed by atoms with E-state index in [2.05, 4.69) is 19.9 Å². The molecule has 0 N–H and O–H groups in total. The summed E-state index contributed by atoms with van der Waals surface area (Å²) in [6.45, 7) is -0.542. The predicted octanol–water partition coefficient (Wildman–Crippen LogP) is 4.36. The molecule has 0 aliphatic carbocycles. The van der Waals surface area contributed by atoms with Gasteiger partial charge in [-0.1, -0.05) is 23.2 Å². The first-order chi connectivity index (χ1) is 14.0. The van der Waals surface area contributed by atoms with E-state index in [-0.39, 0.29) is 5.75 Å². The van der Waals surface area contributed by atoms with E-state index in [0.717, 1.165) is 5.39 Å². The van der Waals surface area contributed by atoms with Gasteiger partial charge in [-0.15, -0.1) is 5.10 Å². The zero-order valence-electron chi connectivity index (χ0n) is 15.1. The van der Waals surface area contributed by atoms with Crippen LogP contribution >= 0.6 is 23.2 Å². The van der Waals surface area contributed by atoms with Crippen LogP contribution < -0.4 is 9.64 Å². The number of benzene rings is 1. The molecule has 29 heavy (non-hydrogen) atoms. The van der Waals surface area contributed by atoms with Gasteiger partial charge < -0.3 is 14.4 Å². The van der Waals surface area contributed by atoms with Crippen LogP contribution in [0.3, 0.4) is 0 Å². The van der Waals surface area contributed by atoms with Gasteiger partial charge in [0.25, 0.3) is 0 Å². The van der Waals surface area contributed by atoms with Crippen LogP contribution in [0.2, 0.25) is 10.0 Å². The zero-order chi connectivity index (χ0) is 20.4. The van der Waals surface area contributed by atoms with Crippen molar-refractivity contribution in [3.63, 3.8) is 0 Å². The summed E-state index contributed by atoms with van der Waals surface area (Å²) in [6.07, 6.45) is 3.34. The van der Waals surface area contributed by atoms with Crippen LogP contribution in [-0.2, 0) is 11.2 Å². The van der Waals surface area contributed by atoms with Crippen LogP contribution in [0.4, 0.5) is 14.6 Å². The second-order valence-corrected chi connectivity index (χ2v) is 7.23. The molecule has 0 bridgehead atoms. The molecule has 1 fully saturated rings. The van der Waals surface area contributed by atoms with Crippen molar-refractivity contribution >= 4 is 39.8 Å². The molecule has 10 heteroatoms. The molecule has 0 saturated carbocycles. The lowest BCUT2D eigenvalue weighted by atomic mass is 10.0. The number of pyridine rings is 1. The average Bonchev–Trinajstić information content (AvgIpc) is 2.71. The highest BCUT2D eigenvalue weighted by Crippen LogP contribution is 2.33. The van der Waals surface area contributed by atoms with Crippen LogP contribution in [0.1, 0.15) is 11.3 Å². The molecule has 152 valence electrons. The Morgan fingerprint density at radius 1 is 1.07 bits per heavy atom. The van der Waals surface area contributed by atoms with Crippen LogP contribution in [0, 0.1) is 0 Å². The van der Waals surface area contributed by atoms with Crippen molar-refractivity contribution < 1.29 is 18.3 Å². The number of halogens is 4. The highest BCUT2D eigenvalue weighted by Gasteiger charge is 2.20. The van der Waals surface area contributed by atoms with Crippen LogP contribution in [-0.4, -0.2) is 48.1 Å². The zero-order valence-corrected chi connectivity index (χ0v) is 16.6. The molecule has 3 heterocycles. The Morgan fingerprint density at radius 2 is 1.79 bits per heavy atom. The van der Waals surface area contributed by atoms with Crippen molar-refractivity contribution in [1.29, 1.82) is 0 Å². The van der Waals surface area contributed by atoms with Crippen molar-refractivity contribution in [3.05, 3.63) is 51.9 Å². The van der Waals surface area contributed by atoms with Gasteiger partial charge >= 0.3 is 6.61 Å². The van der Waals surface area contributed by atoms with Gasteiger partial charge in [0, 0.05) is 42.7 Å². The number of hydrogen-bond acceptors (Lipinski definition) is 6. The maximum absolute atomic E-state index is 12.7. The summed E-state index contributed by atoms with van der Waals surface area (Å²) in [6, 6.07) is 4.74. The van der Waals surface area contributed by atoms with Crippen molar-refractivity contribution in [1.82, 2.24) is 15.2 Å². The molecular formula is C19H16Cl2F2N4O2. The van der Waals surface area contributed by atoms with Crippen LogP contribution in [0.25, 0.3) is 10.8 Å². The molecule has 1 aliphatic heterocycles. The lowest BCUT2D eigenvalue weighted by Crippen LogP contribution is -2.37. The topological polar surface area (TPSA) is 60.4 Å². The van der Waals surface area contributed by atoms with Crippen molar-refractivity contribution in [3.8, 4) is 5.75 Å². The molecule has 1 aromatic carbocycles. The number of anilines is 1. The van der Waals surface area contributed by atoms with Gasteiger partial charge in [0.05, 0.1) is 29.0 Å². The number of morpholine rings is 1. The first-order valence-corrected chi connectivity index (χ1v) is 9.63. The van der Waals surface area contributed by atoms with Crippen molar-refractivity contribution in [2.75, 3.05) is 31.2 Å². The standard InChI is InChI=1S/C19H16Cl2F2N4O2/c20-15-9-24-10-16(21)14(15)8-17-12-2-1-11(29-19(22)23)7-13(12)18(26-25-17)27-3-5-28-6-4-27/h1-2,7,9-10,19H,3-6,8H2. The normalized spacial score (nSPS) is 14.6. The molecule has 4 rings (SSSR count). The van der Waals surface area contributed by atoms with Crippen molar-refractivity contribution in [2.45, 2.75) is 13.0 Å². The van der Waals surface area contributed by atoms with E-state index in [4.69, 9.17) is 27.9 Å². The molecule has 0 atom stereocenters. The van der Waals surface area contributed by atoms with Gasteiger partial charge in [-0.25, -0.2) is 0 Å². The molecule has 1 saturated heterocycles. The lowest BCUT2D eigenvalue weighted by Gasteiger charge is -2.28. The molecule has 0 spiro atoms. The summed E-state index contributed by atoms with van der Waals surface area (Å²) in [5, 5.41) is 11.0. The second kappa shape index (κ2) is 8.61. The summed E-state index contributed by atoms with van der Waals surface area (Å²) >= 11 is 12.5. The van der Waals surface area contributed by atoms with Crippen LogP contribution in [0.5, 0.6) is 5.75 Å². The Labute approximate surface area is 175 Å². The minimum atomic E-state index is -2.91. The van der Waals surface area contributed by atoms with E-state index in [0.29, 0.717) is 65.2 Å². The van der Waals surface area contributed by atoms with E-state index < -0.39 is 6.61 Å². The van der Waals surface area contributed by atoms with Gasteiger partial charge in [0.1, 0.15) is 5.75 Å². The molecule has 3 aromatic rings. The van der Waals surface area contributed by atoms with Gasteiger partial charge in [-0.05, 0) is 23.8 Å². The Kier molecular flexibility index (Phi) is 5.94. The molecular weight excluding hydrogens is 425 g/mol. The highest BCUT2D eigenvalue weighted by molar-refractivity contribution is 6.35. The number of hydrogen-bond donors (Lipinski definition) is 0. The third kappa shape index (κ3) is 4.34. The molecule has 0 amide bonds. The highest BCUT2D eigenvalue weighted by atomic mass is 35.5. The minimum Gasteiger partial charge on any atom is -0.435 e. The summed E-state index contributed by atoms with van der Waals surface area (Å²) in [7, 11) is 0. The summed E-state index contributed by atoms with van der Waals surface area (Å²) in [5.41, 5.74) is 1.29. The average molecular weight is 441 g/mol. The number of rotatable bonds is 5. The van der Waals surface area contributed by atoms with E-state index in [1.807, 2.05) is 4.90 Å². The third-order valence-corrected chi connectivity index (χ3v) is 5.29. The number of fused-ring (bicyclic) bond motifs is 1. The third-order valence-electron chi connectivity index (χ3n) is 4.64. The fourth-order valence-electron chi connectivity index (χ4n) is 3.27. The van der Waals surface area contributed by atoms with Gasteiger partial charge in [-0.3, -0.25) is 4.98 Å². The number of alkyl halides is 2. The molecule has 1 aliphatic rings. The fourth-order valence-corrected chi connectivity index (χ4v) is 3.76. The predicted molar refractivity (Wildman–Crippen MR) is 106 cm³/mol. The Hall–Kier alpha value is -2.29. The largest absolute Gasteiger partial charge is 0.435 e. The van der Waals surface area contributed by atoms with Gasteiger partial charge in [-0.2, -0.15) is 13.9 Å². The van der Waals surface area contributed by atoms with Crippen LogP contribution in [0.15, 0.2) is 30.6 Å². The SMILES string of the molecule is FC(F)Oc1ccc2c(Cc3c(Cl)cncc3Cl)nnc(N3CCOCC3)c2c1. The smallest absolute Gasteiger partial charge is 0.387 e. The van der Waals surface area contributed by atoms with Crippen molar-refractivity contribution in [2.24, 2.45) is 0 Å². The lowest BCUT2D eigenvalue weighted by molar-refractivity contribution is -0.0497. The van der Waals surface area contributed by atoms with E-state index >= 15 is 0 Å². The first-order valence-electron chi connectivity index (χ1n) is 8.87. The Balaban J connectivity index is 1.81. The van der Waals surface area contributed by atoms with Gasteiger partial charge in [0.15, 0.2) is 5.82 Å². The Morgan fingerprint density at radius 3 is 2.48 bits per heavy atom. The number of nitrogens with zero attached hydrogens (tertiary/aromatic N) is 4. The quantitative estimate of drug-likeness (QED) is 0.587. The maximum atomic E-state index is 12.7. The number of aromatic nitrogens is 3. The number of ether oxygens (including phenoxy) is 2. The molecule has 2 aromatic heterocycles. The molecule has 6 nitrogen and oxygen atoms in total. The molecule has 0 radical (unpaired) electrons. The van der Waals surface area contributed by atoms with Gasteiger partial charge in [0.2, 0.25) is 0 Å². The second-order valence-electron chi connectivity index (χ2n) is 6.41.